The Morgan fingerprint density at radius 3 is 2.69 bits per heavy atom. The summed E-state index contributed by atoms with van der Waals surface area (Å²) in [6.07, 6.45) is 1.58. The molecule has 8 heteroatoms. The average Bonchev–Trinajstić information content (AvgIpc) is 2.84. The van der Waals surface area contributed by atoms with Crippen LogP contribution in [0.25, 0.3) is 0 Å². The number of aromatic carboxylic acids is 1. The van der Waals surface area contributed by atoms with Gasteiger partial charge in [-0.3, -0.25) is 5.10 Å². The van der Waals surface area contributed by atoms with Crippen molar-refractivity contribution in [1.82, 2.24) is 14.9 Å². The lowest BCUT2D eigenvalue weighted by molar-refractivity contribution is 0.0686. The van der Waals surface area contributed by atoms with Gasteiger partial charge in [-0.05, 0) is 19.8 Å². The minimum absolute atomic E-state index is 0.0686. The first-order valence-corrected chi connectivity index (χ1v) is 6.20. The van der Waals surface area contributed by atoms with Gasteiger partial charge < -0.3 is 5.11 Å². The van der Waals surface area contributed by atoms with Gasteiger partial charge in [0.05, 0.1) is 5.69 Å². The minimum atomic E-state index is -3.78. The fraction of sp³-hybridized carbons (Fsp3) is 0.500. The predicted molar refractivity (Wildman–Crippen MR) is 53.6 cm³/mol. The molecule has 0 aliphatic heterocycles. The fourth-order valence-electron chi connectivity index (χ4n) is 1.37. The molecule has 1 saturated carbocycles. The molecular weight excluding hydrogens is 234 g/mol. The monoisotopic (exact) mass is 245 g/mol. The third-order valence-electron chi connectivity index (χ3n) is 2.26. The van der Waals surface area contributed by atoms with Crippen LogP contribution in [0.3, 0.4) is 0 Å². The van der Waals surface area contributed by atoms with Crippen LogP contribution in [0.15, 0.2) is 4.90 Å². The van der Waals surface area contributed by atoms with Crippen molar-refractivity contribution in [3.63, 3.8) is 0 Å². The highest BCUT2D eigenvalue weighted by Crippen LogP contribution is 2.24. The van der Waals surface area contributed by atoms with Crippen molar-refractivity contribution in [3.05, 3.63) is 11.4 Å². The number of aromatic amines is 1. The Labute approximate surface area is 91.9 Å². The maximum absolute atomic E-state index is 11.9. The number of nitrogens with zero attached hydrogens (tertiary/aromatic N) is 1. The molecule has 0 spiro atoms. The highest BCUT2D eigenvalue weighted by molar-refractivity contribution is 7.89. The van der Waals surface area contributed by atoms with Crippen LogP contribution in [0.5, 0.6) is 0 Å². The quantitative estimate of drug-likeness (QED) is 0.683. The number of aryl methyl sites for hydroxylation is 1. The lowest BCUT2D eigenvalue weighted by Gasteiger charge is -2.04. The minimum Gasteiger partial charge on any atom is -0.476 e. The van der Waals surface area contributed by atoms with Crippen molar-refractivity contribution < 1.29 is 18.3 Å². The van der Waals surface area contributed by atoms with Crippen molar-refractivity contribution in [2.24, 2.45) is 0 Å². The van der Waals surface area contributed by atoms with Crippen LogP contribution in [-0.4, -0.2) is 35.7 Å². The summed E-state index contributed by atoms with van der Waals surface area (Å²) in [7, 11) is -3.78. The summed E-state index contributed by atoms with van der Waals surface area (Å²) in [6.45, 7) is 1.47. The Kier molecular flexibility index (Phi) is 2.47. The lowest BCUT2D eigenvalue weighted by atomic mass is 10.4. The first kappa shape index (κ1) is 11.1. The van der Waals surface area contributed by atoms with Gasteiger partial charge >= 0.3 is 5.97 Å². The van der Waals surface area contributed by atoms with Gasteiger partial charge in [-0.25, -0.2) is 17.9 Å². The molecule has 3 N–H and O–H groups in total. The zero-order chi connectivity index (χ0) is 11.9. The van der Waals surface area contributed by atoms with Gasteiger partial charge in [0.15, 0.2) is 5.69 Å². The molecule has 0 saturated heterocycles. The number of carbonyl (C=O) groups is 1. The number of H-pyrrole nitrogens is 1. The molecule has 2 rings (SSSR count). The van der Waals surface area contributed by atoms with Gasteiger partial charge in [0.2, 0.25) is 10.0 Å². The van der Waals surface area contributed by atoms with Gasteiger partial charge in [0, 0.05) is 6.04 Å². The van der Waals surface area contributed by atoms with Crippen LogP contribution in [0.2, 0.25) is 0 Å². The van der Waals surface area contributed by atoms with E-state index in [-0.39, 0.29) is 16.6 Å². The Morgan fingerprint density at radius 1 is 1.56 bits per heavy atom. The summed E-state index contributed by atoms with van der Waals surface area (Å²) in [5.41, 5.74) is -0.240. The van der Waals surface area contributed by atoms with Gasteiger partial charge in [0.25, 0.3) is 0 Å². The smallest absolute Gasteiger partial charge is 0.357 e. The topological polar surface area (TPSA) is 112 Å². The molecule has 1 fully saturated rings. The Balaban J connectivity index is 2.44. The first-order valence-electron chi connectivity index (χ1n) is 4.72. The van der Waals surface area contributed by atoms with E-state index in [2.05, 4.69) is 14.9 Å². The molecule has 88 valence electrons. The van der Waals surface area contributed by atoms with Crippen LogP contribution in [0.4, 0.5) is 0 Å². The van der Waals surface area contributed by atoms with E-state index >= 15 is 0 Å². The first-order chi connectivity index (χ1) is 7.42. The van der Waals surface area contributed by atoms with Crippen LogP contribution in [0.1, 0.15) is 29.0 Å². The van der Waals surface area contributed by atoms with E-state index in [4.69, 9.17) is 5.11 Å². The maximum Gasteiger partial charge on any atom is 0.357 e. The van der Waals surface area contributed by atoms with E-state index in [1.165, 1.54) is 6.92 Å². The maximum atomic E-state index is 11.9. The number of rotatable bonds is 4. The number of hydrogen-bond donors (Lipinski definition) is 3. The number of sulfonamides is 1. The van der Waals surface area contributed by atoms with Crippen molar-refractivity contribution in [1.29, 1.82) is 0 Å². The third kappa shape index (κ3) is 1.93. The van der Waals surface area contributed by atoms with Crippen molar-refractivity contribution in [2.75, 3.05) is 0 Å². The largest absolute Gasteiger partial charge is 0.476 e. The number of carboxylic acid groups (broad SMARTS) is 1. The molecule has 16 heavy (non-hydrogen) atoms. The van der Waals surface area contributed by atoms with Crippen LogP contribution < -0.4 is 4.72 Å². The van der Waals surface area contributed by atoms with Crippen LogP contribution in [0, 0.1) is 6.92 Å². The van der Waals surface area contributed by atoms with Gasteiger partial charge in [-0.1, -0.05) is 0 Å². The molecule has 1 aromatic heterocycles. The molecule has 0 amide bonds. The predicted octanol–water partition coefficient (Wildman–Crippen LogP) is -0.143. The molecule has 1 aliphatic rings. The summed E-state index contributed by atoms with van der Waals surface area (Å²) in [5, 5.41) is 14.7. The van der Waals surface area contributed by atoms with E-state index in [1.807, 2.05) is 0 Å². The molecule has 1 aromatic rings. The summed E-state index contributed by atoms with van der Waals surface area (Å²) >= 11 is 0. The Bertz CT molecular complexity index is 529. The highest BCUT2D eigenvalue weighted by Gasteiger charge is 2.33. The van der Waals surface area contributed by atoms with Crippen LogP contribution in [-0.2, 0) is 10.0 Å². The molecule has 0 unspecified atom stereocenters. The normalized spacial score (nSPS) is 16.3. The Hall–Kier alpha value is -1.41. The fourth-order valence-corrected chi connectivity index (χ4v) is 3.00. The lowest BCUT2D eigenvalue weighted by Crippen LogP contribution is -2.27. The second kappa shape index (κ2) is 3.56. The SMILES string of the molecule is Cc1[nH]nc(C(=O)O)c1S(=O)(=O)NC1CC1. The molecular formula is C8H11N3O4S. The molecule has 0 aromatic carbocycles. The molecule has 0 atom stereocenters. The average molecular weight is 245 g/mol. The van der Waals surface area contributed by atoms with Crippen LogP contribution >= 0.6 is 0 Å². The van der Waals surface area contributed by atoms with Gasteiger partial charge in [-0.15, -0.1) is 0 Å². The summed E-state index contributed by atoms with van der Waals surface area (Å²) in [5.74, 6) is -1.36. The molecule has 0 radical (unpaired) electrons. The van der Waals surface area contributed by atoms with E-state index in [9.17, 15) is 13.2 Å². The zero-order valence-corrected chi connectivity index (χ0v) is 9.34. The van der Waals surface area contributed by atoms with E-state index in [0.717, 1.165) is 12.8 Å². The number of hydrogen-bond acceptors (Lipinski definition) is 4. The summed E-state index contributed by atoms with van der Waals surface area (Å²) in [6, 6.07) is -0.0686. The standard InChI is InChI=1S/C8H11N3O4S/c1-4-7(6(8(12)13)10-9-4)16(14,15)11-5-2-3-5/h5,11H,2-3H2,1H3,(H,9,10)(H,12,13). The van der Waals surface area contributed by atoms with E-state index in [0.29, 0.717) is 0 Å². The van der Waals surface area contributed by atoms with Crippen molar-refractivity contribution in [3.8, 4) is 0 Å². The zero-order valence-electron chi connectivity index (χ0n) is 8.52. The highest BCUT2D eigenvalue weighted by atomic mass is 32.2. The number of nitrogens with one attached hydrogen (secondary N) is 2. The molecule has 1 heterocycles. The molecule has 0 bridgehead atoms. The van der Waals surface area contributed by atoms with Gasteiger partial charge in [0.1, 0.15) is 4.90 Å². The van der Waals surface area contributed by atoms with Crippen molar-refractivity contribution in [2.45, 2.75) is 30.7 Å². The van der Waals surface area contributed by atoms with Crippen molar-refractivity contribution >= 4 is 16.0 Å². The second-order valence-electron chi connectivity index (χ2n) is 3.73. The number of carboxylic acids is 1. The second-order valence-corrected chi connectivity index (χ2v) is 5.38. The van der Waals surface area contributed by atoms with Gasteiger partial charge in [-0.2, -0.15) is 5.10 Å². The molecule has 1 aliphatic carbocycles. The Morgan fingerprint density at radius 2 is 2.19 bits per heavy atom. The summed E-state index contributed by atoms with van der Waals surface area (Å²) in [4.78, 5) is 10.5. The number of aromatic nitrogens is 2. The van der Waals surface area contributed by atoms with E-state index in [1.54, 1.807) is 0 Å². The third-order valence-corrected chi connectivity index (χ3v) is 3.94. The molecule has 7 nitrogen and oxygen atoms in total. The van der Waals surface area contributed by atoms with E-state index < -0.39 is 21.7 Å². The summed E-state index contributed by atoms with van der Waals surface area (Å²) < 4.78 is 26.1.